The number of primary amides is 1. The summed E-state index contributed by atoms with van der Waals surface area (Å²) in [5, 5.41) is 2.59. The van der Waals surface area contributed by atoms with Gasteiger partial charge < -0.3 is 16.0 Å². The highest BCUT2D eigenvalue weighted by atomic mass is 32.2. The smallest absolute Gasteiger partial charge is 0.312 e. The maximum Gasteiger partial charge on any atom is 0.312 e. The lowest BCUT2D eigenvalue weighted by Crippen LogP contribution is -2.50. The number of fused-ring (bicyclic) bond motifs is 1. The molecule has 0 bridgehead atoms. The zero-order valence-electron chi connectivity index (χ0n) is 14.9. The van der Waals surface area contributed by atoms with Gasteiger partial charge in [-0.25, -0.2) is 4.79 Å². The number of amides is 3. The van der Waals surface area contributed by atoms with E-state index in [1.165, 1.54) is 11.1 Å². The minimum atomic E-state index is -0.656. The molecular formula is C18H27N3O2S. The van der Waals surface area contributed by atoms with Crippen molar-refractivity contribution in [1.82, 2.24) is 5.32 Å². The molecule has 5 nitrogen and oxygen atoms in total. The molecule has 0 saturated carbocycles. The van der Waals surface area contributed by atoms with Gasteiger partial charge in [0.1, 0.15) is 6.04 Å². The molecular weight excluding hydrogens is 322 g/mol. The predicted octanol–water partition coefficient (Wildman–Crippen LogP) is 2.66. The van der Waals surface area contributed by atoms with Crippen LogP contribution < -0.4 is 16.0 Å². The number of carbonyl (C=O) groups is 2. The van der Waals surface area contributed by atoms with Crippen molar-refractivity contribution in [3.8, 4) is 0 Å². The molecule has 0 fully saturated rings. The molecule has 1 aromatic rings. The van der Waals surface area contributed by atoms with Crippen molar-refractivity contribution in [2.45, 2.75) is 45.1 Å². The first-order valence-electron chi connectivity index (χ1n) is 8.23. The highest BCUT2D eigenvalue weighted by molar-refractivity contribution is 7.98. The van der Waals surface area contributed by atoms with E-state index in [-0.39, 0.29) is 11.3 Å². The second kappa shape index (κ2) is 7.47. The fourth-order valence-corrected chi connectivity index (χ4v) is 3.42. The lowest BCUT2D eigenvalue weighted by molar-refractivity contribution is -0.120. The van der Waals surface area contributed by atoms with E-state index in [0.717, 1.165) is 17.9 Å². The number of thioether (sulfide) groups is 1. The number of anilines is 1. The van der Waals surface area contributed by atoms with Crippen molar-refractivity contribution in [3.63, 3.8) is 0 Å². The normalized spacial score (nSPS) is 15.1. The van der Waals surface area contributed by atoms with Crippen molar-refractivity contribution in [2.75, 3.05) is 23.5 Å². The van der Waals surface area contributed by atoms with Crippen LogP contribution in [0.5, 0.6) is 0 Å². The van der Waals surface area contributed by atoms with Crippen LogP contribution >= 0.6 is 11.8 Å². The fourth-order valence-electron chi connectivity index (χ4n) is 2.95. The number of nitrogens with zero attached hydrogens (tertiary/aromatic N) is 1. The first-order chi connectivity index (χ1) is 11.2. The first-order valence-corrected chi connectivity index (χ1v) is 9.63. The van der Waals surface area contributed by atoms with Crippen molar-refractivity contribution < 1.29 is 9.59 Å². The Morgan fingerprint density at radius 2 is 2.08 bits per heavy atom. The van der Waals surface area contributed by atoms with E-state index < -0.39 is 12.1 Å². The van der Waals surface area contributed by atoms with Gasteiger partial charge in [0.2, 0.25) is 5.91 Å². The minimum absolute atomic E-state index is 0.0786. The average Bonchev–Trinajstić information content (AvgIpc) is 2.92. The largest absolute Gasteiger partial charge is 0.352 e. The van der Waals surface area contributed by atoms with Gasteiger partial charge in [-0.3, -0.25) is 4.79 Å². The maximum atomic E-state index is 12.9. The van der Waals surface area contributed by atoms with Crippen LogP contribution in [0.4, 0.5) is 10.5 Å². The Kier molecular flexibility index (Phi) is 5.80. The van der Waals surface area contributed by atoms with E-state index in [2.05, 4.69) is 38.2 Å². The van der Waals surface area contributed by atoms with Crippen molar-refractivity contribution in [1.29, 1.82) is 0 Å². The molecule has 0 radical (unpaired) electrons. The Labute approximate surface area is 148 Å². The van der Waals surface area contributed by atoms with Gasteiger partial charge >= 0.3 is 6.03 Å². The van der Waals surface area contributed by atoms with E-state index in [0.29, 0.717) is 13.0 Å². The lowest BCUT2D eigenvalue weighted by Gasteiger charge is -2.25. The molecule has 1 aliphatic heterocycles. The zero-order valence-corrected chi connectivity index (χ0v) is 15.7. The molecule has 0 saturated heterocycles. The molecule has 1 heterocycles. The van der Waals surface area contributed by atoms with Gasteiger partial charge in [-0.1, -0.05) is 32.9 Å². The van der Waals surface area contributed by atoms with Crippen molar-refractivity contribution in [3.05, 3.63) is 29.3 Å². The molecule has 132 valence electrons. The fraction of sp³-hybridized carbons (Fsp3) is 0.556. The summed E-state index contributed by atoms with van der Waals surface area (Å²) in [7, 11) is 0. The van der Waals surface area contributed by atoms with E-state index in [1.807, 2.05) is 12.3 Å². The van der Waals surface area contributed by atoms with Gasteiger partial charge in [-0.15, -0.1) is 0 Å². The first kappa shape index (κ1) is 18.6. The summed E-state index contributed by atoms with van der Waals surface area (Å²) in [6.45, 7) is 7.20. The van der Waals surface area contributed by atoms with Crippen LogP contribution in [0.15, 0.2) is 18.2 Å². The highest BCUT2D eigenvalue weighted by Gasteiger charge is 2.31. The second-order valence-electron chi connectivity index (χ2n) is 7.18. The van der Waals surface area contributed by atoms with Crippen LogP contribution in [-0.2, 0) is 16.6 Å². The van der Waals surface area contributed by atoms with E-state index >= 15 is 0 Å². The molecule has 3 N–H and O–H groups in total. The topological polar surface area (TPSA) is 75.4 Å². The molecule has 0 aliphatic carbocycles. The summed E-state index contributed by atoms with van der Waals surface area (Å²) in [6, 6.07) is 5.08. The lowest BCUT2D eigenvalue weighted by atomic mass is 9.86. The molecule has 24 heavy (non-hydrogen) atoms. The Morgan fingerprint density at radius 3 is 2.67 bits per heavy atom. The van der Waals surface area contributed by atoms with Gasteiger partial charge in [0.15, 0.2) is 0 Å². The summed E-state index contributed by atoms with van der Waals surface area (Å²) in [6.07, 6.45) is 3.40. The zero-order chi connectivity index (χ0) is 17.9. The molecule has 0 aromatic heterocycles. The Morgan fingerprint density at radius 1 is 1.38 bits per heavy atom. The van der Waals surface area contributed by atoms with Crippen LogP contribution in [0.25, 0.3) is 0 Å². The third-order valence-electron chi connectivity index (χ3n) is 4.33. The molecule has 2 rings (SSSR count). The van der Waals surface area contributed by atoms with Gasteiger partial charge in [0, 0.05) is 12.2 Å². The van der Waals surface area contributed by atoms with E-state index in [1.54, 1.807) is 16.7 Å². The third-order valence-corrected chi connectivity index (χ3v) is 4.98. The van der Waals surface area contributed by atoms with Gasteiger partial charge in [-0.05, 0) is 47.5 Å². The third kappa shape index (κ3) is 4.23. The highest BCUT2D eigenvalue weighted by Crippen LogP contribution is 2.33. The van der Waals surface area contributed by atoms with Gasteiger partial charge in [0.05, 0.1) is 0 Å². The summed E-state index contributed by atoms with van der Waals surface area (Å²) < 4.78 is 0. The number of hydrogen-bond acceptors (Lipinski definition) is 3. The van der Waals surface area contributed by atoms with Crippen LogP contribution in [-0.4, -0.2) is 36.5 Å². The Hall–Kier alpha value is -1.69. The van der Waals surface area contributed by atoms with Crippen LogP contribution in [0.2, 0.25) is 0 Å². The van der Waals surface area contributed by atoms with E-state index in [9.17, 15) is 9.59 Å². The van der Waals surface area contributed by atoms with E-state index in [4.69, 9.17) is 5.73 Å². The Bertz CT molecular complexity index is 625. The van der Waals surface area contributed by atoms with Crippen molar-refractivity contribution >= 4 is 29.4 Å². The maximum absolute atomic E-state index is 12.9. The predicted molar refractivity (Wildman–Crippen MR) is 101 cm³/mol. The van der Waals surface area contributed by atoms with Crippen LogP contribution in [0, 0.1) is 0 Å². The second-order valence-corrected chi connectivity index (χ2v) is 8.16. The molecule has 1 aliphatic rings. The SMILES string of the molecule is CSCC[C@H](NC(N)=O)C(=O)N1CCc2cc(C(C)(C)C)ccc21. The number of nitrogens with two attached hydrogens (primary N) is 1. The van der Waals surface area contributed by atoms with Crippen LogP contribution in [0.3, 0.4) is 0 Å². The number of rotatable bonds is 5. The summed E-state index contributed by atoms with van der Waals surface area (Å²) in [5.74, 6) is 0.713. The number of hydrogen-bond donors (Lipinski definition) is 2. The quantitative estimate of drug-likeness (QED) is 0.858. The molecule has 3 amide bonds. The average molecular weight is 350 g/mol. The molecule has 0 spiro atoms. The number of benzene rings is 1. The summed E-state index contributed by atoms with van der Waals surface area (Å²) >= 11 is 1.64. The van der Waals surface area contributed by atoms with Gasteiger partial charge in [-0.2, -0.15) is 11.8 Å². The number of carbonyl (C=O) groups excluding carboxylic acids is 2. The number of nitrogens with one attached hydrogen (secondary N) is 1. The van der Waals surface area contributed by atoms with Gasteiger partial charge in [0.25, 0.3) is 0 Å². The van der Waals surface area contributed by atoms with Crippen LogP contribution in [0.1, 0.15) is 38.3 Å². The molecule has 6 heteroatoms. The molecule has 1 aromatic carbocycles. The number of urea groups is 1. The molecule has 1 atom stereocenters. The molecule has 0 unspecified atom stereocenters. The summed E-state index contributed by atoms with van der Waals surface area (Å²) in [5.41, 5.74) is 8.73. The Balaban J connectivity index is 2.22. The monoisotopic (exact) mass is 349 g/mol. The minimum Gasteiger partial charge on any atom is -0.352 e. The van der Waals surface area contributed by atoms with Crippen molar-refractivity contribution in [2.24, 2.45) is 5.73 Å². The standard InChI is InChI=1S/C18H27N3O2S/c1-18(2,3)13-5-6-15-12(11-13)7-9-21(15)16(22)14(8-10-24-4)20-17(19)23/h5-6,11,14H,7-10H2,1-4H3,(H3,19,20,23)/t14-/m0/s1. The summed E-state index contributed by atoms with van der Waals surface area (Å²) in [4.78, 5) is 25.9.